The molecule has 0 aliphatic rings. The van der Waals surface area contributed by atoms with Crippen LogP contribution in [0.4, 0.5) is 11.4 Å². The van der Waals surface area contributed by atoms with Crippen molar-refractivity contribution in [3.63, 3.8) is 0 Å². The molecular formula is C17H21N3. The van der Waals surface area contributed by atoms with Crippen LogP contribution in [0.3, 0.4) is 0 Å². The lowest BCUT2D eigenvalue weighted by atomic mass is 10.1. The van der Waals surface area contributed by atoms with Crippen molar-refractivity contribution in [3.05, 3.63) is 60.2 Å². The van der Waals surface area contributed by atoms with Crippen LogP contribution in [0.25, 0.3) is 0 Å². The molecule has 2 rings (SSSR count). The van der Waals surface area contributed by atoms with Crippen LogP contribution < -0.4 is 4.90 Å². The van der Waals surface area contributed by atoms with Gasteiger partial charge >= 0.3 is 0 Å². The average molecular weight is 267 g/mol. The Morgan fingerprint density at radius 3 is 2.20 bits per heavy atom. The zero-order valence-electron chi connectivity index (χ0n) is 12.2. The predicted octanol–water partition coefficient (Wildman–Crippen LogP) is 4.82. The molecule has 0 atom stereocenters. The van der Waals surface area contributed by atoms with Crippen molar-refractivity contribution >= 4 is 11.4 Å². The lowest BCUT2D eigenvalue weighted by Crippen LogP contribution is -2.22. The van der Waals surface area contributed by atoms with E-state index in [1.54, 1.807) is 0 Å². The van der Waals surface area contributed by atoms with E-state index in [0.29, 0.717) is 6.54 Å². The van der Waals surface area contributed by atoms with Crippen LogP contribution in [0.1, 0.15) is 19.4 Å². The first kappa shape index (κ1) is 14.3. The van der Waals surface area contributed by atoms with Gasteiger partial charge in [0.15, 0.2) is 0 Å². The Labute approximate surface area is 121 Å². The third-order valence-corrected chi connectivity index (χ3v) is 3.28. The first-order valence-corrected chi connectivity index (χ1v) is 7.10. The SMILES string of the molecule is CCN(CC)c1ccccc1CN=Nc1ccccc1. The summed E-state index contributed by atoms with van der Waals surface area (Å²) in [7, 11) is 0. The second kappa shape index (κ2) is 7.43. The van der Waals surface area contributed by atoms with Crippen LogP contribution in [-0.2, 0) is 6.54 Å². The molecule has 0 aliphatic carbocycles. The van der Waals surface area contributed by atoms with E-state index in [1.165, 1.54) is 11.3 Å². The summed E-state index contributed by atoms with van der Waals surface area (Å²) in [6.07, 6.45) is 0. The quantitative estimate of drug-likeness (QED) is 0.690. The summed E-state index contributed by atoms with van der Waals surface area (Å²) < 4.78 is 0. The van der Waals surface area contributed by atoms with E-state index in [0.717, 1.165) is 18.8 Å². The normalized spacial score (nSPS) is 10.9. The molecule has 3 nitrogen and oxygen atoms in total. The van der Waals surface area contributed by atoms with Crippen molar-refractivity contribution in [1.82, 2.24) is 0 Å². The van der Waals surface area contributed by atoms with Gasteiger partial charge in [-0.15, -0.1) is 0 Å². The van der Waals surface area contributed by atoms with Gasteiger partial charge in [-0.3, -0.25) is 0 Å². The topological polar surface area (TPSA) is 28.0 Å². The lowest BCUT2D eigenvalue weighted by Gasteiger charge is -2.23. The van der Waals surface area contributed by atoms with Crippen molar-refractivity contribution in [1.29, 1.82) is 0 Å². The summed E-state index contributed by atoms with van der Waals surface area (Å²) in [5, 5.41) is 8.58. The maximum atomic E-state index is 4.32. The van der Waals surface area contributed by atoms with Crippen LogP contribution in [-0.4, -0.2) is 13.1 Å². The minimum atomic E-state index is 0.613. The van der Waals surface area contributed by atoms with Crippen LogP contribution in [0.15, 0.2) is 64.8 Å². The molecule has 20 heavy (non-hydrogen) atoms. The first-order valence-electron chi connectivity index (χ1n) is 7.10. The smallest absolute Gasteiger partial charge is 0.0873 e. The maximum Gasteiger partial charge on any atom is 0.0873 e. The Morgan fingerprint density at radius 2 is 1.50 bits per heavy atom. The summed E-state index contributed by atoms with van der Waals surface area (Å²) in [5.74, 6) is 0. The Hall–Kier alpha value is -2.16. The monoisotopic (exact) mass is 267 g/mol. The van der Waals surface area contributed by atoms with Crippen LogP contribution >= 0.6 is 0 Å². The van der Waals surface area contributed by atoms with Gasteiger partial charge in [0.2, 0.25) is 0 Å². The number of hydrogen-bond acceptors (Lipinski definition) is 3. The molecule has 0 amide bonds. The second-order valence-corrected chi connectivity index (χ2v) is 4.54. The van der Waals surface area contributed by atoms with Gasteiger partial charge in [0.05, 0.1) is 12.2 Å². The van der Waals surface area contributed by atoms with E-state index in [1.807, 2.05) is 30.3 Å². The Morgan fingerprint density at radius 1 is 0.850 bits per heavy atom. The number of benzene rings is 2. The molecule has 0 radical (unpaired) electrons. The van der Waals surface area contributed by atoms with Gasteiger partial charge < -0.3 is 4.90 Å². The van der Waals surface area contributed by atoms with Gasteiger partial charge in [-0.1, -0.05) is 36.4 Å². The van der Waals surface area contributed by atoms with E-state index < -0.39 is 0 Å². The minimum Gasteiger partial charge on any atom is -0.372 e. The van der Waals surface area contributed by atoms with Gasteiger partial charge in [-0.2, -0.15) is 10.2 Å². The zero-order valence-corrected chi connectivity index (χ0v) is 12.2. The number of azo groups is 1. The fourth-order valence-electron chi connectivity index (χ4n) is 2.21. The van der Waals surface area contributed by atoms with Crippen molar-refractivity contribution in [2.24, 2.45) is 10.2 Å². The third kappa shape index (κ3) is 3.67. The molecule has 0 saturated carbocycles. The van der Waals surface area contributed by atoms with Crippen LogP contribution in [0, 0.1) is 0 Å². The molecule has 0 bridgehead atoms. The van der Waals surface area contributed by atoms with Crippen molar-refractivity contribution in [2.45, 2.75) is 20.4 Å². The molecule has 0 saturated heterocycles. The highest BCUT2D eigenvalue weighted by molar-refractivity contribution is 5.53. The fourth-order valence-corrected chi connectivity index (χ4v) is 2.21. The molecule has 0 aromatic heterocycles. The summed E-state index contributed by atoms with van der Waals surface area (Å²) in [4.78, 5) is 2.34. The molecule has 0 N–H and O–H groups in total. The Bertz CT molecular complexity index is 545. The lowest BCUT2D eigenvalue weighted by molar-refractivity contribution is 0.847. The number of hydrogen-bond donors (Lipinski definition) is 0. The van der Waals surface area contributed by atoms with Gasteiger partial charge in [0.25, 0.3) is 0 Å². The highest BCUT2D eigenvalue weighted by Crippen LogP contribution is 2.21. The molecule has 2 aromatic carbocycles. The van der Waals surface area contributed by atoms with Crippen LogP contribution in [0.2, 0.25) is 0 Å². The van der Waals surface area contributed by atoms with E-state index in [9.17, 15) is 0 Å². The van der Waals surface area contributed by atoms with Gasteiger partial charge in [-0.25, -0.2) is 0 Å². The van der Waals surface area contributed by atoms with E-state index >= 15 is 0 Å². The molecule has 3 heteroatoms. The minimum absolute atomic E-state index is 0.613. The van der Waals surface area contributed by atoms with E-state index in [2.05, 4.69) is 53.2 Å². The standard InChI is InChI=1S/C17H21N3/c1-3-20(4-2)17-13-9-8-10-15(17)14-18-19-16-11-6-5-7-12-16/h5-13H,3-4,14H2,1-2H3. The summed E-state index contributed by atoms with van der Waals surface area (Å²) >= 11 is 0. The van der Waals surface area contributed by atoms with E-state index in [4.69, 9.17) is 0 Å². The second-order valence-electron chi connectivity index (χ2n) is 4.54. The van der Waals surface area contributed by atoms with E-state index in [-0.39, 0.29) is 0 Å². The maximum absolute atomic E-state index is 4.32. The molecule has 0 unspecified atom stereocenters. The third-order valence-electron chi connectivity index (χ3n) is 3.28. The summed E-state index contributed by atoms with van der Waals surface area (Å²) in [6, 6.07) is 18.2. The zero-order chi connectivity index (χ0) is 14.2. The molecule has 0 fully saturated rings. The van der Waals surface area contributed by atoms with Crippen molar-refractivity contribution in [3.8, 4) is 0 Å². The van der Waals surface area contributed by atoms with Crippen molar-refractivity contribution < 1.29 is 0 Å². The molecule has 0 spiro atoms. The highest BCUT2D eigenvalue weighted by atomic mass is 15.1. The Kier molecular flexibility index (Phi) is 5.30. The number of para-hydroxylation sites is 1. The predicted molar refractivity (Wildman–Crippen MR) is 84.7 cm³/mol. The van der Waals surface area contributed by atoms with Gasteiger partial charge in [0, 0.05) is 18.8 Å². The fraction of sp³-hybridized carbons (Fsp3) is 0.294. The number of anilines is 1. The first-order chi connectivity index (χ1) is 9.85. The summed E-state index contributed by atoms with van der Waals surface area (Å²) in [5.41, 5.74) is 3.37. The largest absolute Gasteiger partial charge is 0.372 e. The van der Waals surface area contributed by atoms with Gasteiger partial charge in [0.1, 0.15) is 0 Å². The molecule has 0 heterocycles. The van der Waals surface area contributed by atoms with Crippen molar-refractivity contribution in [2.75, 3.05) is 18.0 Å². The highest BCUT2D eigenvalue weighted by Gasteiger charge is 2.06. The number of nitrogens with zero attached hydrogens (tertiary/aromatic N) is 3. The van der Waals surface area contributed by atoms with Gasteiger partial charge in [-0.05, 0) is 37.6 Å². The summed E-state index contributed by atoms with van der Waals surface area (Å²) in [6.45, 7) is 6.96. The average Bonchev–Trinajstić information content (AvgIpc) is 2.51. The molecular weight excluding hydrogens is 246 g/mol. The number of rotatable bonds is 6. The molecule has 104 valence electrons. The Balaban J connectivity index is 2.12. The van der Waals surface area contributed by atoms with Crippen LogP contribution in [0.5, 0.6) is 0 Å². The molecule has 0 aliphatic heterocycles. The molecule has 2 aromatic rings.